The number of amides is 1. The van der Waals surface area contributed by atoms with Crippen LogP contribution in [0.3, 0.4) is 0 Å². The molecular formula is C26H26N2O2. The summed E-state index contributed by atoms with van der Waals surface area (Å²) in [5.41, 5.74) is 7.42. The van der Waals surface area contributed by atoms with Crippen molar-refractivity contribution in [1.82, 2.24) is 4.98 Å². The highest BCUT2D eigenvalue weighted by Crippen LogP contribution is 2.34. The smallest absolute Gasteiger partial charge is 0.226 e. The van der Waals surface area contributed by atoms with Gasteiger partial charge in [0.15, 0.2) is 5.78 Å². The van der Waals surface area contributed by atoms with Gasteiger partial charge in [-0.25, -0.2) is 0 Å². The fourth-order valence-electron chi connectivity index (χ4n) is 4.13. The summed E-state index contributed by atoms with van der Waals surface area (Å²) in [6, 6.07) is 16.2. The molecule has 152 valence electrons. The molecule has 2 heterocycles. The van der Waals surface area contributed by atoms with Crippen molar-refractivity contribution in [2.75, 3.05) is 11.4 Å². The average molecular weight is 399 g/mol. The Bertz CT molecular complexity index is 1090. The molecule has 1 amide bonds. The quantitative estimate of drug-likeness (QED) is 0.538. The van der Waals surface area contributed by atoms with Gasteiger partial charge in [0, 0.05) is 43.0 Å². The second-order valence-corrected chi connectivity index (χ2v) is 7.81. The molecule has 1 aliphatic heterocycles. The van der Waals surface area contributed by atoms with Crippen LogP contribution in [0.1, 0.15) is 46.8 Å². The molecule has 0 bridgehead atoms. The van der Waals surface area contributed by atoms with Gasteiger partial charge < -0.3 is 4.90 Å². The first-order chi connectivity index (χ1) is 14.6. The van der Waals surface area contributed by atoms with Gasteiger partial charge in [-0.2, -0.15) is 0 Å². The van der Waals surface area contributed by atoms with Crippen LogP contribution in [0.15, 0.2) is 60.9 Å². The Hall–Kier alpha value is -3.27. The van der Waals surface area contributed by atoms with Crippen molar-refractivity contribution in [2.24, 2.45) is 0 Å². The number of carbonyl (C=O) groups excluding carboxylic acids is 2. The Morgan fingerprint density at radius 2 is 1.97 bits per heavy atom. The molecule has 0 N–H and O–H groups in total. The van der Waals surface area contributed by atoms with Gasteiger partial charge in [-0.3, -0.25) is 14.6 Å². The summed E-state index contributed by atoms with van der Waals surface area (Å²) in [5.74, 6) is 0.322. The van der Waals surface area contributed by atoms with E-state index in [4.69, 9.17) is 0 Å². The lowest BCUT2D eigenvalue weighted by atomic mass is 9.94. The number of hydrogen-bond acceptors (Lipinski definition) is 3. The highest BCUT2D eigenvalue weighted by atomic mass is 16.2. The van der Waals surface area contributed by atoms with Gasteiger partial charge in [0.1, 0.15) is 0 Å². The van der Waals surface area contributed by atoms with Crippen LogP contribution < -0.4 is 4.90 Å². The molecule has 1 aromatic heterocycles. The Labute approximate surface area is 177 Å². The normalized spacial score (nSPS) is 12.7. The number of aryl methyl sites for hydroxylation is 2. The van der Waals surface area contributed by atoms with Crippen molar-refractivity contribution >= 4 is 17.4 Å². The minimum absolute atomic E-state index is 0.149. The number of rotatable bonds is 6. The number of nitrogens with zero attached hydrogens (tertiary/aromatic N) is 2. The van der Waals surface area contributed by atoms with E-state index in [9.17, 15) is 9.59 Å². The maximum Gasteiger partial charge on any atom is 0.226 e. The minimum atomic E-state index is 0.149. The van der Waals surface area contributed by atoms with E-state index in [-0.39, 0.29) is 11.7 Å². The zero-order valence-electron chi connectivity index (χ0n) is 17.5. The Balaban J connectivity index is 1.51. The van der Waals surface area contributed by atoms with Crippen molar-refractivity contribution in [3.05, 3.63) is 83.2 Å². The zero-order chi connectivity index (χ0) is 21.1. The minimum Gasteiger partial charge on any atom is -0.312 e. The third kappa shape index (κ3) is 4.04. The van der Waals surface area contributed by atoms with E-state index in [0.717, 1.165) is 46.5 Å². The molecule has 30 heavy (non-hydrogen) atoms. The first kappa shape index (κ1) is 20.0. The third-order valence-electron chi connectivity index (χ3n) is 5.80. The van der Waals surface area contributed by atoms with Crippen LogP contribution in [0, 0.1) is 6.92 Å². The Morgan fingerprint density at radius 1 is 1.10 bits per heavy atom. The number of ketones is 1. The van der Waals surface area contributed by atoms with Gasteiger partial charge in [0.05, 0.1) is 0 Å². The zero-order valence-corrected chi connectivity index (χ0v) is 17.5. The SMILES string of the molecule is CCC(=O)N1CCc2cc(-c3ccc(C(=O)CCc4cccnc4)cc3C)ccc21. The van der Waals surface area contributed by atoms with E-state index < -0.39 is 0 Å². The molecule has 0 fully saturated rings. The van der Waals surface area contributed by atoms with Crippen LogP contribution >= 0.6 is 0 Å². The van der Waals surface area contributed by atoms with E-state index in [2.05, 4.69) is 23.2 Å². The molecule has 1 aliphatic rings. The molecule has 0 spiro atoms. The number of carbonyl (C=O) groups is 2. The van der Waals surface area contributed by atoms with Crippen LogP contribution in [0.5, 0.6) is 0 Å². The predicted molar refractivity (Wildman–Crippen MR) is 120 cm³/mol. The lowest BCUT2D eigenvalue weighted by molar-refractivity contribution is -0.118. The van der Waals surface area contributed by atoms with Gasteiger partial charge >= 0.3 is 0 Å². The fraction of sp³-hybridized carbons (Fsp3) is 0.269. The maximum atomic E-state index is 12.6. The van der Waals surface area contributed by atoms with Gasteiger partial charge in [-0.05, 0) is 71.8 Å². The van der Waals surface area contributed by atoms with E-state index in [1.807, 2.05) is 55.3 Å². The van der Waals surface area contributed by atoms with Crippen molar-refractivity contribution in [3.63, 3.8) is 0 Å². The Morgan fingerprint density at radius 3 is 2.70 bits per heavy atom. The lowest BCUT2D eigenvalue weighted by Gasteiger charge is -2.17. The monoisotopic (exact) mass is 398 g/mol. The van der Waals surface area contributed by atoms with Gasteiger partial charge in [0.25, 0.3) is 0 Å². The lowest BCUT2D eigenvalue weighted by Crippen LogP contribution is -2.27. The standard InChI is InChI=1S/C26H26N2O2/c1-3-26(30)28-14-12-21-16-20(8-10-24(21)28)23-9-7-22(15-18(23)2)25(29)11-6-19-5-4-13-27-17-19/h4-5,7-10,13,15-17H,3,6,11-12,14H2,1-2H3. The molecule has 4 rings (SSSR count). The number of Topliss-reactive ketones (excluding diaryl/α,β-unsaturated/α-hetero) is 1. The van der Waals surface area contributed by atoms with E-state index in [0.29, 0.717) is 19.3 Å². The molecule has 0 unspecified atom stereocenters. The van der Waals surface area contributed by atoms with Crippen molar-refractivity contribution < 1.29 is 9.59 Å². The van der Waals surface area contributed by atoms with Gasteiger partial charge in [-0.15, -0.1) is 0 Å². The molecule has 0 aliphatic carbocycles. The summed E-state index contributed by atoms with van der Waals surface area (Å²) in [5, 5.41) is 0. The number of fused-ring (bicyclic) bond motifs is 1. The van der Waals surface area contributed by atoms with Crippen LogP contribution in [-0.2, 0) is 17.6 Å². The maximum absolute atomic E-state index is 12.6. The van der Waals surface area contributed by atoms with Crippen molar-refractivity contribution in [2.45, 2.75) is 39.5 Å². The molecule has 0 saturated heterocycles. The van der Waals surface area contributed by atoms with Crippen molar-refractivity contribution in [3.8, 4) is 11.1 Å². The van der Waals surface area contributed by atoms with Gasteiger partial charge in [0.2, 0.25) is 5.91 Å². The predicted octanol–water partition coefficient (Wildman–Crippen LogP) is 5.17. The van der Waals surface area contributed by atoms with E-state index >= 15 is 0 Å². The molecule has 0 atom stereocenters. The largest absolute Gasteiger partial charge is 0.312 e. The summed E-state index contributed by atoms with van der Waals surface area (Å²) in [6.07, 6.45) is 6.14. The van der Waals surface area contributed by atoms with Gasteiger partial charge in [-0.1, -0.05) is 31.2 Å². The number of benzene rings is 2. The third-order valence-corrected chi connectivity index (χ3v) is 5.80. The second kappa shape index (κ2) is 8.62. The average Bonchev–Trinajstić information content (AvgIpc) is 3.20. The molecular weight excluding hydrogens is 372 g/mol. The summed E-state index contributed by atoms with van der Waals surface area (Å²) >= 11 is 0. The topological polar surface area (TPSA) is 50.3 Å². The van der Waals surface area contributed by atoms with Crippen LogP contribution in [0.4, 0.5) is 5.69 Å². The molecule has 0 saturated carbocycles. The first-order valence-electron chi connectivity index (χ1n) is 10.5. The number of anilines is 1. The summed E-state index contributed by atoms with van der Waals surface area (Å²) in [4.78, 5) is 30.8. The molecule has 2 aromatic carbocycles. The molecule has 4 nitrogen and oxygen atoms in total. The number of aromatic nitrogens is 1. The van der Waals surface area contributed by atoms with Crippen molar-refractivity contribution in [1.29, 1.82) is 0 Å². The fourth-order valence-corrected chi connectivity index (χ4v) is 4.13. The molecule has 3 aromatic rings. The number of pyridine rings is 1. The van der Waals surface area contributed by atoms with E-state index in [1.54, 1.807) is 6.20 Å². The summed E-state index contributed by atoms with van der Waals surface area (Å²) < 4.78 is 0. The van der Waals surface area contributed by atoms with Crippen LogP contribution in [0.2, 0.25) is 0 Å². The highest BCUT2D eigenvalue weighted by Gasteiger charge is 2.23. The molecule has 4 heteroatoms. The Kier molecular flexibility index (Phi) is 5.75. The molecule has 0 radical (unpaired) electrons. The van der Waals surface area contributed by atoms with Crippen LogP contribution in [-0.4, -0.2) is 23.2 Å². The summed E-state index contributed by atoms with van der Waals surface area (Å²) in [7, 11) is 0. The van der Waals surface area contributed by atoms with Crippen LogP contribution in [0.25, 0.3) is 11.1 Å². The van der Waals surface area contributed by atoms with E-state index in [1.165, 1.54) is 5.56 Å². The first-order valence-corrected chi connectivity index (χ1v) is 10.5. The second-order valence-electron chi connectivity index (χ2n) is 7.81. The highest BCUT2D eigenvalue weighted by molar-refractivity contribution is 5.97. The number of hydrogen-bond donors (Lipinski definition) is 0. The summed E-state index contributed by atoms with van der Waals surface area (Å²) in [6.45, 7) is 4.71.